The number of phenols is 1. The summed E-state index contributed by atoms with van der Waals surface area (Å²) in [4.78, 5) is 13.0. The van der Waals surface area contributed by atoms with E-state index in [2.05, 4.69) is 0 Å². The van der Waals surface area contributed by atoms with E-state index in [4.69, 9.17) is 10.5 Å². The molecule has 0 saturated carbocycles. The van der Waals surface area contributed by atoms with E-state index in [1.807, 2.05) is 6.07 Å². The van der Waals surface area contributed by atoms with Gasteiger partial charge in [0, 0.05) is 13.1 Å². The molecule has 86 valence electrons. The van der Waals surface area contributed by atoms with E-state index in [1.54, 1.807) is 23.1 Å². The van der Waals surface area contributed by atoms with E-state index in [0.29, 0.717) is 19.7 Å². The molecule has 0 aliphatic carbocycles. The monoisotopic (exact) mass is 222 g/mol. The molecule has 1 heterocycles. The summed E-state index contributed by atoms with van der Waals surface area (Å²) in [6.45, 7) is 1.13. The SMILES string of the molecule is NCC1COC(=O)N1Cc1cccc(O)c1. The lowest BCUT2D eigenvalue weighted by Crippen LogP contribution is -2.38. The Morgan fingerprint density at radius 1 is 1.56 bits per heavy atom. The Kier molecular flexibility index (Phi) is 2.96. The van der Waals surface area contributed by atoms with Gasteiger partial charge in [-0.25, -0.2) is 4.79 Å². The van der Waals surface area contributed by atoms with E-state index in [1.165, 1.54) is 0 Å². The van der Waals surface area contributed by atoms with Crippen molar-refractivity contribution < 1.29 is 14.6 Å². The van der Waals surface area contributed by atoms with Crippen molar-refractivity contribution in [3.63, 3.8) is 0 Å². The Morgan fingerprint density at radius 3 is 3.06 bits per heavy atom. The van der Waals surface area contributed by atoms with Crippen LogP contribution in [0.1, 0.15) is 5.56 Å². The third-order valence-electron chi connectivity index (χ3n) is 2.61. The molecule has 5 heteroatoms. The van der Waals surface area contributed by atoms with Crippen molar-refractivity contribution in [1.82, 2.24) is 4.90 Å². The predicted octanol–water partition coefficient (Wildman–Crippen LogP) is 0.672. The maximum absolute atomic E-state index is 11.4. The highest BCUT2D eigenvalue weighted by Gasteiger charge is 2.31. The number of nitrogens with zero attached hydrogens (tertiary/aromatic N) is 1. The summed E-state index contributed by atoms with van der Waals surface area (Å²) in [5.74, 6) is 0.189. The number of phenolic OH excluding ortho intramolecular Hbond substituents is 1. The molecule has 5 nitrogen and oxygen atoms in total. The molecule has 0 spiro atoms. The minimum absolute atomic E-state index is 0.0742. The first-order chi connectivity index (χ1) is 7.70. The summed E-state index contributed by atoms with van der Waals surface area (Å²) in [6.07, 6.45) is -0.348. The van der Waals surface area contributed by atoms with Crippen LogP contribution in [0.15, 0.2) is 24.3 Å². The van der Waals surface area contributed by atoms with Gasteiger partial charge in [-0.2, -0.15) is 0 Å². The molecule has 1 atom stereocenters. The number of cyclic esters (lactones) is 1. The lowest BCUT2D eigenvalue weighted by molar-refractivity contribution is 0.156. The fraction of sp³-hybridized carbons (Fsp3) is 0.364. The number of nitrogens with two attached hydrogens (primary N) is 1. The minimum Gasteiger partial charge on any atom is -0.508 e. The third-order valence-corrected chi connectivity index (χ3v) is 2.61. The quantitative estimate of drug-likeness (QED) is 0.788. The molecule has 1 unspecified atom stereocenters. The normalized spacial score (nSPS) is 19.9. The fourth-order valence-electron chi connectivity index (χ4n) is 1.73. The Morgan fingerprint density at radius 2 is 2.38 bits per heavy atom. The summed E-state index contributed by atoms with van der Waals surface area (Å²) < 4.78 is 4.92. The minimum atomic E-state index is -0.348. The van der Waals surface area contributed by atoms with Crippen LogP contribution >= 0.6 is 0 Å². The van der Waals surface area contributed by atoms with Gasteiger partial charge in [0.15, 0.2) is 0 Å². The average molecular weight is 222 g/mol. The van der Waals surface area contributed by atoms with Crippen molar-refractivity contribution in [3.05, 3.63) is 29.8 Å². The average Bonchev–Trinajstić information content (AvgIpc) is 2.60. The molecular weight excluding hydrogens is 208 g/mol. The summed E-state index contributed by atoms with van der Waals surface area (Å²) in [6, 6.07) is 6.73. The Hall–Kier alpha value is -1.75. The first kappa shape index (κ1) is 10.8. The van der Waals surface area contributed by atoms with Crippen LogP contribution in [0.3, 0.4) is 0 Å². The van der Waals surface area contributed by atoms with Gasteiger partial charge in [-0.3, -0.25) is 4.90 Å². The summed E-state index contributed by atoms with van der Waals surface area (Å²) in [7, 11) is 0. The standard InChI is InChI=1S/C11H14N2O3/c12-5-9-7-16-11(15)13(9)6-8-2-1-3-10(14)4-8/h1-4,9,14H,5-7,12H2. The van der Waals surface area contributed by atoms with E-state index >= 15 is 0 Å². The molecule has 2 rings (SSSR count). The van der Waals surface area contributed by atoms with Crippen LogP contribution in [0, 0.1) is 0 Å². The fourth-order valence-corrected chi connectivity index (χ4v) is 1.73. The van der Waals surface area contributed by atoms with E-state index in [0.717, 1.165) is 5.56 Å². The first-order valence-corrected chi connectivity index (χ1v) is 5.12. The zero-order valence-corrected chi connectivity index (χ0v) is 8.80. The van der Waals surface area contributed by atoms with Crippen molar-refractivity contribution in [2.75, 3.05) is 13.2 Å². The molecule has 1 aromatic carbocycles. The zero-order chi connectivity index (χ0) is 11.5. The predicted molar refractivity (Wildman–Crippen MR) is 57.8 cm³/mol. The molecule has 1 aliphatic heterocycles. The maximum atomic E-state index is 11.4. The lowest BCUT2D eigenvalue weighted by atomic mass is 10.2. The largest absolute Gasteiger partial charge is 0.508 e. The van der Waals surface area contributed by atoms with Crippen LogP contribution in [-0.2, 0) is 11.3 Å². The number of aromatic hydroxyl groups is 1. The summed E-state index contributed by atoms with van der Waals surface area (Å²) >= 11 is 0. The van der Waals surface area contributed by atoms with Crippen molar-refractivity contribution in [3.8, 4) is 5.75 Å². The van der Waals surface area contributed by atoms with Gasteiger partial charge < -0.3 is 15.6 Å². The Labute approximate surface area is 93.4 Å². The number of carbonyl (C=O) groups is 1. The molecule has 1 aromatic rings. The van der Waals surface area contributed by atoms with Crippen molar-refractivity contribution >= 4 is 6.09 Å². The maximum Gasteiger partial charge on any atom is 0.410 e. The van der Waals surface area contributed by atoms with E-state index in [-0.39, 0.29) is 17.9 Å². The summed E-state index contributed by atoms with van der Waals surface area (Å²) in [5.41, 5.74) is 6.41. The molecule has 0 radical (unpaired) electrons. The Balaban J connectivity index is 2.11. The van der Waals surface area contributed by atoms with Gasteiger partial charge in [-0.1, -0.05) is 12.1 Å². The van der Waals surface area contributed by atoms with Crippen LogP contribution in [0.25, 0.3) is 0 Å². The van der Waals surface area contributed by atoms with Gasteiger partial charge in [0.05, 0.1) is 6.04 Å². The number of amides is 1. The number of hydrogen-bond acceptors (Lipinski definition) is 4. The van der Waals surface area contributed by atoms with Gasteiger partial charge in [0.2, 0.25) is 0 Å². The van der Waals surface area contributed by atoms with Crippen LogP contribution in [0.4, 0.5) is 4.79 Å². The molecule has 3 N–H and O–H groups in total. The number of carbonyl (C=O) groups excluding carboxylic acids is 1. The van der Waals surface area contributed by atoms with Crippen LogP contribution in [-0.4, -0.2) is 35.3 Å². The molecule has 1 amide bonds. The molecule has 16 heavy (non-hydrogen) atoms. The molecule has 1 saturated heterocycles. The van der Waals surface area contributed by atoms with Crippen LogP contribution in [0.5, 0.6) is 5.75 Å². The second kappa shape index (κ2) is 4.40. The van der Waals surface area contributed by atoms with Crippen LogP contribution < -0.4 is 5.73 Å². The van der Waals surface area contributed by atoms with Crippen molar-refractivity contribution in [1.29, 1.82) is 0 Å². The second-order valence-corrected chi connectivity index (χ2v) is 3.76. The Bertz CT molecular complexity index is 395. The van der Waals surface area contributed by atoms with E-state index in [9.17, 15) is 9.90 Å². The highest BCUT2D eigenvalue weighted by molar-refractivity contribution is 5.70. The zero-order valence-electron chi connectivity index (χ0n) is 8.80. The smallest absolute Gasteiger partial charge is 0.410 e. The van der Waals surface area contributed by atoms with Gasteiger partial charge >= 0.3 is 6.09 Å². The molecule has 1 aliphatic rings. The second-order valence-electron chi connectivity index (χ2n) is 3.76. The lowest BCUT2D eigenvalue weighted by Gasteiger charge is -2.19. The highest BCUT2D eigenvalue weighted by Crippen LogP contribution is 2.18. The molecule has 0 bridgehead atoms. The third kappa shape index (κ3) is 2.09. The number of benzene rings is 1. The highest BCUT2D eigenvalue weighted by atomic mass is 16.6. The van der Waals surface area contributed by atoms with E-state index < -0.39 is 0 Å². The topological polar surface area (TPSA) is 75.8 Å². The van der Waals surface area contributed by atoms with Gasteiger partial charge in [0.25, 0.3) is 0 Å². The van der Waals surface area contributed by atoms with Crippen LogP contribution in [0.2, 0.25) is 0 Å². The number of rotatable bonds is 3. The first-order valence-electron chi connectivity index (χ1n) is 5.12. The number of hydrogen-bond donors (Lipinski definition) is 2. The van der Waals surface area contributed by atoms with Gasteiger partial charge in [0.1, 0.15) is 12.4 Å². The van der Waals surface area contributed by atoms with Crippen molar-refractivity contribution in [2.24, 2.45) is 5.73 Å². The molecular formula is C11H14N2O3. The number of ether oxygens (including phenoxy) is 1. The summed E-state index contributed by atoms with van der Waals surface area (Å²) in [5, 5.41) is 9.32. The van der Waals surface area contributed by atoms with Gasteiger partial charge in [-0.05, 0) is 17.7 Å². The molecule has 1 fully saturated rings. The van der Waals surface area contributed by atoms with Gasteiger partial charge in [-0.15, -0.1) is 0 Å². The van der Waals surface area contributed by atoms with Crippen molar-refractivity contribution in [2.45, 2.75) is 12.6 Å². The molecule has 0 aromatic heterocycles.